The highest BCUT2D eigenvalue weighted by molar-refractivity contribution is 7.54. The van der Waals surface area contributed by atoms with Crippen molar-refractivity contribution >= 4 is 30.0 Å². The van der Waals surface area contributed by atoms with E-state index in [0.29, 0.717) is 16.8 Å². The van der Waals surface area contributed by atoms with Gasteiger partial charge in [0, 0.05) is 11.3 Å². The largest absolute Gasteiger partial charge is 0.508 e. The number of hydrogen-bond acceptors (Lipinski definition) is 7. The van der Waals surface area contributed by atoms with Crippen molar-refractivity contribution in [3.63, 3.8) is 0 Å². The zero-order valence-electron chi connectivity index (χ0n) is 18.4. The molecule has 0 bridgehead atoms. The van der Waals surface area contributed by atoms with E-state index in [1.807, 2.05) is 24.3 Å². The molecule has 0 saturated heterocycles. The Balaban J connectivity index is 2.10. The average Bonchev–Trinajstić information content (AvgIpc) is 2.79. The summed E-state index contributed by atoms with van der Waals surface area (Å²) in [6, 6.07) is 17.5. The molecule has 0 fully saturated rings. The van der Waals surface area contributed by atoms with Crippen molar-refractivity contribution in [1.29, 1.82) is 0 Å². The normalized spacial score (nSPS) is 12.5. The number of phenolic OH excluding ortho intramolecular Hbond substituents is 1. The maximum absolute atomic E-state index is 13.9. The molecule has 170 valence electrons. The number of aromatic hydroxyl groups is 1. The molecule has 0 aliphatic heterocycles. The van der Waals surface area contributed by atoms with Crippen LogP contribution in [0.3, 0.4) is 0 Å². The van der Waals surface area contributed by atoms with E-state index in [4.69, 9.17) is 13.8 Å². The number of hydrogen-bond donors (Lipinski definition) is 2. The molecular formula is C24H28NO6P. The van der Waals surface area contributed by atoms with E-state index in [0.717, 1.165) is 10.8 Å². The van der Waals surface area contributed by atoms with Crippen LogP contribution in [0.4, 0.5) is 5.69 Å². The van der Waals surface area contributed by atoms with E-state index in [1.165, 1.54) is 0 Å². The third-order valence-corrected chi connectivity index (χ3v) is 7.11. The predicted octanol–water partition coefficient (Wildman–Crippen LogP) is 6.10. The minimum Gasteiger partial charge on any atom is -0.508 e. The number of rotatable bonds is 10. The van der Waals surface area contributed by atoms with Crippen molar-refractivity contribution in [3.8, 4) is 5.75 Å². The van der Waals surface area contributed by atoms with Crippen LogP contribution in [0.5, 0.6) is 5.75 Å². The molecule has 0 radical (unpaired) electrons. The molecule has 3 aromatic carbocycles. The summed E-state index contributed by atoms with van der Waals surface area (Å²) in [6.07, 6.45) is 0. The van der Waals surface area contributed by atoms with Crippen molar-refractivity contribution in [2.24, 2.45) is 0 Å². The molecule has 7 nitrogen and oxygen atoms in total. The first-order chi connectivity index (χ1) is 15.4. The maximum Gasteiger partial charge on any atom is 0.357 e. The Bertz CT molecular complexity index is 1110. The predicted molar refractivity (Wildman–Crippen MR) is 125 cm³/mol. The van der Waals surface area contributed by atoms with Gasteiger partial charge in [-0.15, -0.1) is 0 Å². The minimum absolute atomic E-state index is 0.0241. The molecule has 1 unspecified atom stereocenters. The number of carbonyl (C=O) groups excluding carboxylic acids is 1. The van der Waals surface area contributed by atoms with Crippen LogP contribution in [-0.2, 0) is 18.3 Å². The van der Waals surface area contributed by atoms with Gasteiger partial charge in [0.25, 0.3) is 0 Å². The molecule has 1 atom stereocenters. The lowest BCUT2D eigenvalue weighted by atomic mass is 10.0. The van der Waals surface area contributed by atoms with Gasteiger partial charge in [-0.1, -0.05) is 30.3 Å². The third-order valence-electron chi connectivity index (χ3n) is 4.85. The Morgan fingerprint density at radius 1 is 0.938 bits per heavy atom. The lowest BCUT2D eigenvalue weighted by molar-refractivity contribution is 0.0526. The molecule has 2 N–H and O–H groups in total. The van der Waals surface area contributed by atoms with Crippen LogP contribution in [0.15, 0.2) is 60.7 Å². The second kappa shape index (κ2) is 10.6. The highest BCUT2D eigenvalue weighted by Crippen LogP contribution is 2.62. The van der Waals surface area contributed by atoms with Crippen LogP contribution in [0, 0.1) is 0 Å². The Morgan fingerprint density at radius 2 is 1.59 bits per heavy atom. The second-order valence-electron chi connectivity index (χ2n) is 6.94. The summed E-state index contributed by atoms with van der Waals surface area (Å²) in [6.45, 7) is 5.84. The topological polar surface area (TPSA) is 94.1 Å². The van der Waals surface area contributed by atoms with Crippen LogP contribution in [0.2, 0.25) is 0 Å². The van der Waals surface area contributed by atoms with Gasteiger partial charge in [0.05, 0.1) is 25.4 Å². The molecule has 3 rings (SSSR count). The lowest BCUT2D eigenvalue weighted by Gasteiger charge is -2.29. The fourth-order valence-electron chi connectivity index (χ4n) is 3.50. The minimum atomic E-state index is -3.75. The number of phenols is 1. The first-order valence-corrected chi connectivity index (χ1v) is 12.2. The molecule has 8 heteroatoms. The summed E-state index contributed by atoms with van der Waals surface area (Å²) < 4.78 is 30.2. The third kappa shape index (κ3) is 5.13. The first kappa shape index (κ1) is 23.8. The summed E-state index contributed by atoms with van der Waals surface area (Å²) in [5.74, 6) is -1.43. The second-order valence-corrected chi connectivity index (χ2v) is 9.05. The van der Waals surface area contributed by atoms with Gasteiger partial charge in [-0.2, -0.15) is 0 Å². The molecule has 0 aromatic heterocycles. The number of ether oxygens (including phenoxy) is 1. The van der Waals surface area contributed by atoms with Crippen LogP contribution in [0.25, 0.3) is 10.8 Å². The van der Waals surface area contributed by atoms with Crippen molar-refractivity contribution in [2.75, 3.05) is 25.1 Å². The Morgan fingerprint density at radius 3 is 2.22 bits per heavy atom. The maximum atomic E-state index is 13.9. The van der Waals surface area contributed by atoms with Crippen LogP contribution in [0.1, 0.15) is 42.5 Å². The summed E-state index contributed by atoms with van der Waals surface area (Å²) >= 11 is 0. The van der Waals surface area contributed by atoms with Crippen LogP contribution < -0.4 is 5.32 Å². The fraction of sp³-hybridized carbons (Fsp3) is 0.292. The van der Waals surface area contributed by atoms with Crippen molar-refractivity contribution in [1.82, 2.24) is 0 Å². The number of nitrogens with one attached hydrogen (secondary N) is 1. The number of anilines is 1. The zero-order valence-corrected chi connectivity index (χ0v) is 19.3. The average molecular weight is 457 g/mol. The fourth-order valence-corrected chi connectivity index (χ4v) is 5.49. The van der Waals surface area contributed by atoms with E-state index in [9.17, 15) is 14.5 Å². The van der Waals surface area contributed by atoms with Crippen molar-refractivity contribution in [2.45, 2.75) is 26.6 Å². The van der Waals surface area contributed by atoms with Gasteiger partial charge in [0.2, 0.25) is 0 Å². The summed E-state index contributed by atoms with van der Waals surface area (Å²) in [4.78, 5) is 12.0. The molecule has 0 saturated carbocycles. The molecule has 0 aliphatic carbocycles. The van der Waals surface area contributed by atoms with Crippen LogP contribution >= 0.6 is 7.60 Å². The first-order valence-electron chi connectivity index (χ1n) is 10.6. The SMILES string of the molecule is CCOC(=O)c1ccc(NC(c2c(O)ccc3ccccc23)P(=O)(OCC)OCC)cc1. The van der Waals surface area contributed by atoms with Crippen molar-refractivity contribution < 1.29 is 28.3 Å². The number of carbonyl (C=O) groups is 1. The van der Waals surface area contributed by atoms with E-state index in [2.05, 4.69) is 5.32 Å². The molecule has 0 spiro atoms. The summed E-state index contributed by atoms with van der Waals surface area (Å²) in [7, 11) is -3.75. The monoisotopic (exact) mass is 457 g/mol. The quantitative estimate of drug-likeness (QED) is 0.281. The van der Waals surface area contributed by atoms with Gasteiger partial charge in [-0.05, 0) is 61.9 Å². The molecule has 0 heterocycles. The Labute approximate surface area is 187 Å². The number of benzene rings is 3. The van der Waals surface area contributed by atoms with Gasteiger partial charge >= 0.3 is 13.6 Å². The van der Waals surface area contributed by atoms with E-state index >= 15 is 0 Å². The van der Waals surface area contributed by atoms with Gasteiger partial charge < -0.3 is 24.2 Å². The highest BCUT2D eigenvalue weighted by Gasteiger charge is 2.39. The Hall–Kier alpha value is -2.86. The van der Waals surface area contributed by atoms with E-state index in [-0.39, 0.29) is 25.6 Å². The standard InChI is InChI=1S/C24H28NO6P/c1-4-29-24(27)18-11-14-19(15-12-18)25-23(32(28,30-5-2)31-6-3)22-20-10-8-7-9-17(20)13-16-21(22)26/h7-16,23,25-26H,4-6H2,1-3H3. The number of fused-ring (bicyclic) bond motifs is 1. The molecule has 0 aliphatic rings. The van der Waals surface area contributed by atoms with Crippen LogP contribution in [-0.4, -0.2) is 30.9 Å². The molecule has 3 aromatic rings. The van der Waals surface area contributed by atoms with Gasteiger partial charge in [0.1, 0.15) is 5.75 Å². The van der Waals surface area contributed by atoms with Gasteiger partial charge in [-0.25, -0.2) is 4.79 Å². The molecule has 0 amide bonds. The van der Waals surface area contributed by atoms with E-state index in [1.54, 1.807) is 57.2 Å². The Kier molecular flexibility index (Phi) is 7.91. The van der Waals surface area contributed by atoms with Gasteiger partial charge in [-0.3, -0.25) is 4.57 Å². The van der Waals surface area contributed by atoms with Crippen molar-refractivity contribution in [3.05, 3.63) is 71.8 Å². The lowest BCUT2D eigenvalue weighted by Crippen LogP contribution is -2.16. The summed E-state index contributed by atoms with van der Waals surface area (Å²) in [5, 5.41) is 15.6. The highest BCUT2D eigenvalue weighted by atomic mass is 31.2. The van der Waals surface area contributed by atoms with E-state index < -0.39 is 19.3 Å². The summed E-state index contributed by atoms with van der Waals surface area (Å²) in [5.41, 5.74) is 1.40. The zero-order chi connectivity index (χ0) is 23.1. The van der Waals surface area contributed by atoms with Gasteiger partial charge in [0.15, 0.2) is 5.78 Å². The molecule has 32 heavy (non-hydrogen) atoms. The smallest absolute Gasteiger partial charge is 0.357 e. The molecular weight excluding hydrogens is 429 g/mol. The number of esters is 1.